The van der Waals surface area contributed by atoms with Crippen LogP contribution in [0.5, 0.6) is 0 Å². The van der Waals surface area contributed by atoms with Gasteiger partial charge in [0.1, 0.15) is 12.4 Å². The average molecular weight is 310 g/mol. The Morgan fingerprint density at radius 3 is 2.68 bits per heavy atom. The number of anilines is 1. The summed E-state index contributed by atoms with van der Waals surface area (Å²) in [6, 6.07) is 4.80. The Hall–Kier alpha value is -1.70. The minimum absolute atomic E-state index is 0.230. The summed E-state index contributed by atoms with van der Waals surface area (Å²) >= 11 is 0. The molecule has 122 valence electrons. The van der Waals surface area contributed by atoms with Crippen molar-refractivity contribution in [3.05, 3.63) is 29.6 Å². The third kappa shape index (κ3) is 4.66. The number of nitrogens with zero attached hydrogens (tertiary/aromatic N) is 3. The summed E-state index contributed by atoms with van der Waals surface area (Å²) in [6.45, 7) is 4.29. The highest BCUT2D eigenvalue weighted by atomic mass is 19.1. The van der Waals surface area contributed by atoms with E-state index in [4.69, 9.17) is 5.11 Å². The topological polar surface area (TPSA) is 59.0 Å². The van der Waals surface area contributed by atoms with Crippen LogP contribution in [0.25, 0.3) is 0 Å². The van der Waals surface area contributed by atoms with E-state index in [9.17, 15) is 9.18 Å². The number of hydrogen-bond acceptors (Lipinski definition) is 5. The molecular weight excluding hydrogens is 287 g/mol. The summed E-state index contributed by atoms with van der Waals surface area (Å²) in [5.74, 6) is -1.39. The number of piperazine rings is 1. The Balaban J connectivity index is 1.95. The van der Waals surface area contributed by atoms with Crippen molar-refractivity contribution in [3.63, 3.8) is 0 Å². The highest BCUT2D eigenvalue weighted by molar-refractivity contribution is 5.73. The molecule has 6 nitrogen and oxygen atoms in total. The van der Waals surface area contributed by atoms with E-state index in [2.05, 4.69) is 22.4 Å². The van der Waals surface area contributed by atoms with Gasteiger partial charge in [-0.15, -0.1) is 0 Å². The Morgan fingerprint density at radius 2 is 2.05 bits per heavy atom. The first-order chi connectivity index (χ1) is 10.5. The molecule has 1 fully saturated rings. The number of likely N-dealkylation sites (N-methyl/N-ethyl adjacent to an activating group) is 2. The van der Waals surface area contributed by atoms with Crippen LogP contribution >= 0.6 is 0 Å². The van der Waals surface area contributed by atoms with Gasteiger partial charge >= 0.3 is 5.97 Å². The molecule has 22 heavy (non-hydrogen) atoms. The fraction of sp³-hybridized carbons (Fsp3) is 0.533. The summed E-state index contributed by atoms with van der Waals surface area (Å²) in [4.78, 5) is 14.4. The number of carboxylic acid groups (broad SMARTS) is 1. The van der Waals surface area contributed by atoms with Gasteiger partial charge in [0.05, 0.1) is 5.69 Å². The molecule has 0 bridgehead atoms. The molecule has 0 aliphatic carbocycles. The number of carbonyl (C=O) groups is 1. The standard InChI is InChI=1S/C15H23FN4O2/c1-18-5-7-20(8-6-18)17-10-12-3-4-13(16)14(9-12)19(2)11-15(21)22/h3-4,9,17H,5-8,10-11H2,1-2H3,(H,21,22). The van der Waals surface area contributed by atoms with Crippen LogP contribution in [0, 0.1) is 5.82 Å². The summed E-state index contributed by atoms with van der Waals surface area (Å²) in [5, 5.41) is 11.0. The van der Waals surface area contributed by atoms with E-state index in [-0.39, 0.29) is 6.54 Å². The van der Waals surface area contributed by atoms with Crippen molar-refractivity contribution in [2.45, 2.75) is 6.54 Å². The van der Waals surface area contributed by atoms with Gasteiger partial charge in [0.25, 0.3) is 0 Å². The van der Waals surface area contributed by atoms with Crippen molar-refractivity contribution in [3.8, 4) is 0 Å². The fourth-order valence-electron chi connectivity index (χ4n) is 2.42. The van der Waals surface area contributed by atoms with E-state index >= 15 is 0 Å². The summed E-state index contributed by atoms with van der Waals surface area (Å²) in [5.41, 5.74) is 4.56. The third-order valence-electron chi connectivity index (χ3n) is 3.80. The van der Waals surface area contributed by atoms with Gasteiger partial charge in [-0.05, 0) is 24.7 Å². The Labute approximate surface area is 130 Å². The van der Waals surface area contributed by atoms with E-state index < -0.39 is 11.8 Å². The monoisotopic (exact) mass is 310 g/mol. The molecule has 0 unspecified atom stereocenters. The second-order valence-electron chi connectivity index (χ2n) is 5.66. The molecule has 0 aromatic heterocycles. The minimum atomic E-state index is -0.983. The van der Waals surface area contributed by atoms with Gasteiger partial charge in [0.2, 0.25) is 0 Å². The normalized spacial score (nSPS) is 16.7. The molecule has 1 heterocycles. The van der Waals surface area contributed by atoms with Crippen LogP contribution < -0.4 is 10.3 Å². The van der Waals surface area contributed by atoms with Crippen LogP contribution in [-0.2, 0) is 11.3 Å². The zero-order valence-corrected chi connectivity index (χ0v) is 13.0. The third-order valence-corrected chi connectivity index (χ3v) is 3.80. The molecule has 1 aliphatic heterocycles. The number of rotatable bonds is 6. The maximum Gasteiger partial charge on any atom is 0.323 e. The van der Waals surface area contributed by atoms with Crippen molar-refractivity contribution in [1.82, 2.24) is 15.3 Å². The lowest BCUT2D eigenvalue weighted by Crippen LogP contribution is -2.50. The molecule has 0 amide bonds. The highest BCUT2D eigenvalue weighted by Crippen LogP contribution is 2.19. The van der Waals surface area contributed by atoms with E-state index in [1.807, 2.05) is 0 Å². The predicted octanol–water partition coefficient (Wildman–Crippen LogP) is 0.599. The first kappa shape index (κ1) is 16.7. The van der Waals surface area contributed by atoms with Gasteiger partial charge in [-0.25, -0.2) is 9.40 Å². The van der Waals surface area contributed by atoms with Crippen LogP contribution in [0.2, 0.25) is 0 Å². The molecule has 1 saturated heterocycles. The SMILES string of the molecule is CN1CCN(NCc2ccc(F)c(N(C)CC(=O)O)c2)CC1. The minimum Gasteiger partial charge on any atom is -0.480 e. The summed E-state index contributed by atoms with van der Waals surface area (Å²) < 4.78 is 13.8. The first-order valence-electron chi connectivity index (χ1n) is 7.34. The van der Waals surface area contributed by atoms with Gasteiger partial charge in [0, 0.05) is 39.8 Å². The van der Waals surface area contributed by atoms with Gasteiger partial charge in [-0.1, -0.05) is 6.07 Å². The van der Waals surface area contributed by atoms with Crippen molar-refractivity contribution in [1.29, 1.82) is 0 Å². The Bertz CT molecular complexity index is 518. The molecular formula is C15H23FN4O2. The van der Waals surface area contributed by atoms with Crippen LogP contribution in [0.15, 0.2) is 18.2 Å². The Morgan fingerprint density at radius 1 is 1.36 bits per heavy atom. The zero-order chi connectivity index (χ0) is 16.1. The van der Waals surface area contributed by atoms with Crippen LogP contribution in [0.1, 0.15) is 5.56 Å². The van der Waals surface area contributed by atoms with E-state index in [0.29, 0.717) is 12.2 Å². The second kappa shape index (κ2) is 7.53. The zero-order valence-electron chi connectivity index (χ0n) is 13.0. The molecule has 7 heteroatoms. The molecule has 0 saturated carbocycles. The molecule has 2 rings (SSSR count). The maximum absolute atomic E-state index is 13.8. The van der Waals surface area contributed by atoms with E-state index in [0.717, 1.165) is 31.7 Å². The quantitative estimate of drug-likeness (QED) is 0.802. The summed E-state index contributed by atoms with van der Waals surface area (Å²) in [7, 11) is 3.67. The second-order valence-corrected chi connectivity index (χ2v) is 5.66. The largest absolute Gasteiger partial charge is 0.480 e. The molecule has 0 atom stereocenters. The first-order valence-corrected chi connectivity index (χ1v) is 7.34. The molecule has 0 spiro atoms. The lowest BCUT2D eigenvalue weighted by atomic mass is 10.2. The smallest absolute Gasteiger partial charge is 0.323 e. The van der Waals surface area contributed by atoms with Crippen molar-refractivity contribution in [2.75, 3.05) is 51.7 Å². The lowest BCUT2D eigenvalue weighted by molar-refractivity contribution is -0.135. The molecule has 0 radical (unpaired) electrons. The number of carboxylic acids is 1. The number of aliphatic carboxylic acids is 1. The number of hydrogen-bond donors (Lipinski definition) is 2. The number of nitrogens with one attached hydrogen (secondary N) is 1. The van der Waals surface area contributed by atoms with Gasteiger partial charge < -0.3 is 14.9 Å². The number of halogens is 1. The van der Waals surface area contributed by atoms with Crippen LogP contribution in [0.3, 0.4) is 0 Å². The van der Waals surface area contributed by atoms with E-state index in [1.54, 1.807) is 19.2 Å². The van der Waals surface area contributed by atoms with Crippen LogP contribution in [0.4, 0.5) is 10.1 Å². The van der Waals surface area contributed by atoms with Gasteiger partial charge in [-0.2, -0.15) is 0 Å². The van der Waals surface area contributed by atoms with Crippen molar-refractivity contribution >= 4 is 11.7 Å². The van der Waals surface area contributed by atoms with Gasteiger partial charge in [0.15, 0.2) is 0 Å². The van der Waals surface area contributed by atoms with Gasteiger partial charge in [-0.3, -0.25) is 10.2 Å². The molecule has 1 aromatic carbocycles. The Kier molecular flexibility index (Phi) is 5.70. The van der Waals surface area contributed by atoms with Crippen LogP contribution in [-0.4, -0.2) is 67.8 Å². The van der Waals surface area contributed by atoms with Crippen molar-refractivity contribution < 1.29 is 14.3 Å². The maximum atomic E-state index is 13.8. The fourth-order valence-corrected chi connectivity index (χ4v) is 2.42. The summed E-state index contributed by atoms with van der Waals surface area (Å²) in [6.07, 6.45) is 0. The molecule has 1 aliphatic rings. The number of benzene rings is 1. The molecule has 2 N–H and O–H groups in total. The predicted molar refractivity (Wildman–Crippen MR) is 83.2 cm³/mol. The lowest BCUT2D eigenvalue weighted by Gasteiger charge is -2.32. The highest BCUT2D eigenvalue weighted by Gasteiger charge is 2.14. The molecule has 1 aromatic rings. The van der Waals surface area contributed by atoms with E-state index in [1.165, 1.54) is 11.0 Å². The number of hydrazine groups is 1. The van der Waals surface area contributed by atoms with Crippen molar-refractivity contribution in [2.24, 2.45) is 0 Å². The average Bonchev–Trinajstić information content (AvgIpc) is 2.47.